The molecule has 0 aliphatic rings. The number of carboxylic acids is 1. The Morgan fingerprint density at radius 3 is 2.79 bits per heavy atom. The second-order valence-corrected chi connectivity index (χ2v) is 3.96. The first-order chi connectivity index (χ1) is 9.20. The minimum Gasteiger partial charge on any atom is -0.485 e. The summed E-state index contributed by atoms with van der Waals surface area (Å²) < 4.78 is 10.8. The van der Waals surface area contributed by atoms with Crippen LogP contribution in [-0.2, 0) is 13.0 Å². The van der Waals surface area contributed by atoms with Gasteiger partial charge < -0.3 is 14.3 Å². The number of benzene rings is 1. The van der Waals surface area contributed by atoms with Crippen molar-refractivity contribution in [2.24, 2.45) is 0 Å². The molecule has 0 bridgehead atoms. The van der Waals surface area contributed by atoms with Gasteiger partial charge >= 0.3 is 5.97 Å². The molecule has 0 radical (unpaired) electrons. The fourth-order valence-corrected chi connectivity index (χ4v) is 1.69. The molecule has 1 aromatic heterocycles. The van der Waals surface area contributed by atoms with Crippen molar-refractivity contribution in [3.63, 3.8) is 0 Å². The van der Waals surface area contributed by atoms with Crippen LogP contribution in [0.25, 0.3) is 0 Å². The Kier molecular flexibility index (Phi) is 4.03. The number of aromatic carboxylic acids is 1. The van der Waals surface area contributed by atoms with E-state index in [1.54, 1.807) is 12.1 Å². The Morgan fingerprint density at radius 1 is 1.32 bits per heavy atom. The van der Waals surface area contributed by atoms with Gasteiger partial charge in [0.15, 0.2) is 0 Å². The van der Waals surface area contributed by atoms with Gasteiger partial charge in [-0.05, 0) is 30.2 Å². The van der Waals surface area contributed by atoms with Crippen molar-refractivity contribution in [3.05, 3.63) is 66.1 Å². The van der Waals surface area contributed by atoms with Crippen molar-refractivity contribution in [2.75, 3.05) is 0 Å². The molecule has 0 saturated heterocycles. The standard InChI is InChI=1S/C15H14O4/c1-2-5-11-6-3-4-7-13(11)18-10-12-8-9-14(19-12)15(16)17/h2-4,6-9H,1,5,10H2,(H,16,17). The van der Waals surface area contributed by atoms with Gasteiger partial charge in [0.05, 0.1) is 0 Å². The summed E-state index contributed by atoms with van der Waals surface area (Å²) in [5.74, 6) is 0.0535. The minimum atomic E-state index is -1.08. The second kappa shape index (κ2) is 5.91. The van der Waals surface area contributed by atoms with Gasteiger partial charge in [0.1, 0.15) is 18.1 Å². The smallest absolute Gasteiger partial charge is 0.371 e. The molecule has 0 amide bonds. The van der Waals surface area contributed by atoms with Crippen molar-refractivity contribution in [2.45, 2.75) is 13.0 Å². The third kappa shape index (κ3) is 3.25. The average Bonchev–Trinajstić information content (AvgIpc) is 2.87. The van der Waals surface area contributed by atoms with Crippen LogP contribution in [0.2, 0.25) is 0 Å². The number of hydrogen-bond donors (Lipinski definition) is 1. The van der Waals surface area contributed by atoms with Crippen molar-refractivity contribution < 1.29 is 19.1 Å². The molecular formula is C15H14O4. The highest BCUT2D eigenvalue weighted by atomic mass is 16.5. The molecule has 0 aliphatic carbocycles. The van der Waals surface area contributed by atoms with Crippen molar-refractivity contribution >= 4 is 5.97 Å². The first-order valence-corrected chi connectivity index (χ1v) is 5.84. The van der Waals surface area contributed by atoms with Crippen molar-refractivity contribution in [1.82, 2.24) is 0 Å². The molecular weight excluding hydrogens is 244 g/mol. The van der Waals surface area contributed by atoms with Crippen LogP contribution in [0.3, 0.4) is 0 Å². The zero-order valence-corrected chi connectivity index (χ0v) is 10.3. The number of carbonyl (C=O) groups is 1. The lowest BCUT2D eigenvalue weighted by Crippen LogP contribution is -1.97. The second-order valence-electron chi connectivity index (χ2n) is 3.96. The molecule has 0 fully saturated rings. The van der Waals surface area contributed by atoms with E-state index in [2.05, 4.69) is 6.58 Å². The lowest BCUT2D eigenvalue weighted by atomic mass is 10.1. The van der Waals surface area contributed by atoms with E-state index < -0.39 is 5.97 Å². The lowest BCUT2D eigenvalue weighted by molar-refractivity contribution is 0.0658. The van der Waals surface area contributed by atoms with Crippen LogP contribution in [0, 0.1) is 0 Å². The van der Waals surface area contributed by atoms with Gasteiger partial charge in [0.2, 0.25) is 5.76 Å². The van der Waals surface area contributed by atoms with Crippen molar-refractivity contribution in [1.29, 1.82) is 0 Å². The number of ether oxygens (including phenoxy) is 1. The van der Waals surface area contributed by atoms with E-state index in [1.807, 2.05) is 24.3 Å². The first-order valence-electron chi connectivity index (χ1n) is 5.84. The number of allylic oxidation sites excluding steroid dienone is 1. The van der Waals surface area contributed by atoms with E-state index in [-0.39, 0.29) is 12.4 Å². The highest BCUT2D eigenvalue weighted by molar-refractivity contribution is 5.84. The SMILES string of the molecule is C=CCc1ccccc1OCc1ccc(C(=O)O)o1. The lowest BCUT2D eigenvalue weighted by Gasteiger charge is -2.08. The van der Waals surface area contributed by atoms with Crippen LogP contribution < -0.4 is 4.74 Å². The van der Waals surface area contributed by atoms with Gasteiger partial charge in [-0.1, -0.05) is 24.3 Å². The van der Waals surface area contributed by atoms with Crippen LogP contribution in [0.1, 0.15) is 21.9 Å². The molecule has 1 aromatic carbocycles. The van der Waals surface area contributed by atoms with Gasteiger partial charge in [0.25, 0.3) is 0 Å². The summed E-state index contributed by atoms with van der Waals surface area (Å²) in [5.41, 5.74) is 1.03. The van der Waals surface area contributed by atoms with Crippen molar-refractivity contribution in [3.8, 4) is 5.75 Å². The topological polar surface area (TPSA) is 59.7 Å². The van der Waals surface area contributed by atoms with Gasteiger partial charge in [-0.25, -0.2) is 4.79 Å². The van der Waals surface area contributed by atoms with E-state index in [1.165, 1.54) is 6.07 Å². The maximum absolute atomic E-state index is 10.7. The van der Waals surface area contributed by atoms with Crippen LogP contribution in [-0.4, -0.2) is 11.1 Å². The molecule has 2 rings (SSSR count). The summed E-state index contributed by atoms with van der Waals surface area (Å²) >= 11 is 0. The molecule has 4 nitrogen and oxygen atoms in total. The third-order valence-electron chi connectivity index (χ3n) is 2.58. The summed E-state index contributed by atoms with van der Waals surface area (Å²) in [6.07, 6.45) is 2.52. The van der Waals surface area contributed by atoms with Crippen LogP contribution in [0.15, 0.2) is 53.5 Å². The predicted octanol–water partition coefficient (Wildman–Crippen LogP) is 3.29. The van der Waals surface area contributed by atoms with E-state index in [0.29, 0.717) is 12.2 Å². The minimum absolute atomic E-state index is 0.0852. The largest absolute Gasteiger partial charge is 0.485 e. The third-order valence-corrected chi connectivity index (χ3v) is 2.58. The summed E-state index contributed by atoms with van der Waals surface area (Å²) in [5, 5.41) is 8.75. The fourth-order valence-electron chi connectivity index (χ4n) is 1.69. The molecule has 2 aromatic rings. The van der Waals surface area contributed by atoms with E-state index in [9.17, 15) is 4.79 Å². The first kappa shape index (κ1) is 13.0. The Hall–Kier alpha value is -2.49. The van der Waals surface area contributed by atoms with Gasteiger partial charge in [-0.3, -0.25) is 0 Å². The van der Waals surface area contributed by atoms with E-state index in [4.69, 9.17) is 14.3 Å². The average molecular weight is 258 g/mol. The number of furan rings is 1. The van der Waals surface area contributed by atoms with E-state index >= 15 is 0 Å². The molecule has 0 unspecified atom stereocenters. The normalized spacial score (nSPS) is 10.1. The number of para-hydroxylation sites is 1. The Morgan fingerprint density at radius 2 is 2.11 bits per heavy atom. The molecule has 4 heteroatoms. The number of hydrogen-bond acceptors (Lipinski definition) is 3. The molecule has 0 saturated carbocycles. The summed E-state index contributed by atoms with van der Waals surface area (Å²) in [6.45, 7) is 3.89. The zero-order chi connectivity index (χ0) is 13.7. The molecule has 98 valence electrons. The Labute approximate surface area is 110 Å². The monoisotopic (exact) mass is 258 g/mol. The van der Waals surface area contributed by atoms with E-state index in [0.717, 1.165) is 11.3 Å². The molecule has 0 atom stereocenters. The highest BCUT2D eigenvalue weighted by Gasteiger charge is 2.09. The van der Waals surface area contributed by atoms with Crippen LogP contribution in [0.5, 0.6) is 5.75 Å². The molecule has 1 heterocycles. The van der Waals surface area contributed by atoms with Gasteiger partial charge in [0, 0.05) is 0 Å². The van der Waals surface area contributed by atoms with Gasteiger partial charge in [-0.15, -0.1) is 6.58 Å². The summed E-state index contributed by atoms with van der Waals surface area (Å²) in [7, 11) is 0. The summed E-state index contributed by atoms with van der Waals surface area (Å²) in [4.78, 5) is 10.7. The molecule has 0 spiro atoms. The highest BCUT2D eigenvalue weighted by Crippen LogP contribution is 2.20. The van der Waals surface area contributed by atoms with Crippen LogP contribution >= 0.6 is 0 Å². The quantitative estimate of drug-likeness (QED) is 0.808. The number of carboxylic acid groups (broad SMARTS) is 1. The van der Waals surface area contributed by atoms with Crippen LogP contribution in [0.4, 0.5) is 0 Å². The maximum Gasteiger partial charge on any atom is 0.371 e. The number of rotatable bonds is 6. The molecule has 19 heavy (non-hydrogen) atoms. The molecule has 0 aliphatic heterocycles. The Balaban J connectivity index is 2.05. The summed E-state index contributed by atoms with van der Waals surface area (Å²) in [6, 6.07) is 10.6. The Bertz CT molecular complexity index is 583. The fraction of sp³-hybridized carbons (Fsp3) is 0.133. The van der Waals surface area contributed by atoms with Gasteiger partial charge in [-0.2, -0.15) is 0 Å². The molecule has 1 N–H and O–H groups in total. The maximum atomic E-state index is 10.7. The zero-order valence-electron chi connectivity index (χ0n) is 10.3. The predicted molar refractivity (Wildman–Crippen MR) is 70.3 cm³/mol.